The predicted molar refractivity (Wildman–Crippen MR) is 103 cm³/mol. The number of hydrogen-bond donors (Lipinski definition) is 1. The second-order valence-corrected chi connectivity index (χ2v) is 8.99. The first-order chi connectivity index (χ1) is 11.8. The van der Waals surface area contributed by atoms with E-state index in [1.807, 2.05) is 38.3 Å². The summed E-state index contributed by atoms with van der Waals surface area (Å²) in [6.45, 7) is 5.73. The third kappa shape index (κ3) is 3.73. The average Bonchev–Trinajstić information content (AvgIpc) is 3.19. The molecule has 3 rings (SSSR count). The SMILES string of the molecule is Cc1ccc(Cl)cc1NS(=O)(=O)c1cn(C(C)C)nc1-c1cccs1. The van der Waals surface area contributed by atoms with Crippen molar-refractivity contribution in [1.82, 2.24) is 9.78 Å². The van der Waals surface area contributed by atoms with Crippen LogP contribution in [0.1, 0.15) is 25.5 Å². The zero-order valence-corrected chi connectivity index (χ0v) is 16.4. The van der Waals surface area contributed by atoms with E-state index in [0.29, 0.717) is 16.4 Å². The van der Waals surface area contributed by atoms with Gasteiger partial charge in [-0.05, 0) is 49.9 Å². The molecule has 2 aromatic heterocycles. The molecule has 2 heterocycles. The molecule has 0 saturated carbocycles. The van der Waals surface area contributed by atoms with Gasteiger partial charge < -0.3 is 0 Å². The molecular weight excluding hydrogens is 378 g/mol. The third-order valence-corrected chi connectivity index (χ3v) is 6.19. The lowest BCUT2D eigenvalue weighted by Gasteiger charge is -2.10. The monoisotopic (exact) mass is 395 g/mol. The molecule has 0 bridgehead atoms. The number of rotatable bonds is 5. The summed E-state index contributed by atoms with van der Waals surface area (Å²) < 4.78 is 30.3. The Hall–Kier alpha value is -1.83. The maximum Gasteiger partial charge on any atom is 0.265 e. The predicted octanol–water partition coefficient (Wildman–Crippen LogP) is 4.96. The van der Waals surface area contributed by atoms with Crippen LogP contribution in [0, 0.1) is 6.92 Å². The van der Waals surface area contributed by atoms with Gasteiger partial charge in [-0.3, -0.25) is 9.40 Å². The fraction of sp³-hybridized carbons (Fsp3) is 0.235. The molecule has 3 aromatic rings. The Morgan fingerprint density at radius 3 is 2.68 bits per heavy atom. The van der Waals surface area contributed by atoms with E-state index in [-0.39, 0.29) is 10.9 Å². The summed E-state index contributed by atoms with van der Waals surface area (Å²) in [5, 5.41) is 6.85. The van der Waals surface area contributed by atoms with Gasteiger partial charge in [-0.2, -0.15) is 5.10 Å². The molecule has 1 N–H and O–H groups in total. The zero-order chi connectivity index (χ0) is 18.2. The molecule has 0 aliphatic heterocycles. The first kappa shape index (κ1) is 18.0. The minimum atomic E-state index is -3.81. The summed E-state index contributed by atoms with van der Waals surface area (Å²) in [6.07, 6.45) is 1.57. The molecule has 0 fully saturated rings. The topological polar surface area (TPSA) is 64.0 Å². The normalized spacial score (nSPS) is 11.9. The van der Waals surface area contributed by atoms with Crippen LogP contribution in [-0.2, 0) is 10.0 Å². The van der Waals surface area contributed by atoms with Crippen LogP contribution in [0.2, 0.25) is 5.02 Å². The van der Waals surface area contributed by atoms with Crippen molar-refractivity contribution >= 4 is 38.6 Å². The van der Waals surface area contributed by atoms with Crippen molar-refractivity contribution in [3.05, 3.63) is 52.5 Å². The van der Waals surface area contributed by atoms with Gasteiger partial charge in [0.15, 0.2) is 0 Å². The van der Waals surface area contributed by atoms with Gasteiger partial charge in [0.25, 0.3) is 10.0 Å². The van der Waals surface area contributed by atoms with Gasteiger partial charge >= 0.3 is 0 Å². The molecule has 132 valence electrons. The highest BCUT2D eigenvalue weighted by Crippen LogP contribution is 2.32. The summed E-state index contributed by atoms with van der Waals surface area (Å²) in [6, 6.07) is 8.89. The Labute approximate surface area is 156 Å². The molecular formula is C17H18ClN3O2S2. The molecule has 8 heteroatoms. The second-order valence-electron chi connectivity index (χ2n) is 5.96. The Morgan fingerprint density at radius 1 is 1.28 bits per heavy atom. The van der Waals surface area contributed by atoms with Gasteiger partial charge in [0.1, 0.15) is 10.6 Å². The number of hydrogen-bond acceptors (Lipinski definition) is 4. The van der Waals surface area contributed by atoms with Crippen molar-refractivity contribution in [2.75, 3.05) is 4.72 Å². The van der Waals surface area contributed by atoms with E-state index in [2.05, 4.69) is 9.82 Å². The van der Waals surface area contributed by atoms with Crippen LogP contribution in [0.4, 0.5) is 5.69 Å². The van der Waals surface area contributed by atoms with Gasteiger partial charge in [0, 0.05) is 17.3 Å². The van der Waals surface area contributed by atoms with Crippen molar-refractivity contribution in [3.8, 4) is 10.6 Å². The lowest BCUT2D eigenvalue weighted by molar-refractivity contribution is 0.532. The standard InChI is InChI=1S/C17H18ClN3O2S2/c1-11(2)21-10-16(17(19-21)15-5-4-8-24-15)25(22,23)20-14-9-13(18)7-6-12(14)3/h4-11,20H,1-3H3. The van der Waals surface area contributed by atoms with Crippen LogP contribution < -0.4 is 4.72 Å². The van der Waals surface area contributed by atoms with Gasteiger partial charge in [0.05, 0.1) is 10.6 Å². The van der Waals surface area contributed by atoms with Crippen LogP contribution in [-0.4, -0.2) is 18.2 Å². The highest BCUT2D eigenvalue weighted by molar-refractivity contribution is 7.92. The maximum absolute atomic E-state index is 13.0. The molecule has 0 saturated heterocycles. The van der Waals surface area contributed by atoms with Crippen LogP contribution >= 0.6 is 22.9 Å². The van der Waals surface area contributed by atoms with Crippen molar-refractivity contribution < 1.29 is 8.42 Å². The molecule has 0 radical (unpaired) electrons. The Kier molecular flexibility index (Phi) is 4.90. The van der Waals surface area contributed by atoms with E-state index >= 15 is 0 Å². The van der Waals surface area contributed by atoms with Gasteiger partial charge in [-0.15, -0.1) is 11.3 Å². The molecule has 5 nitrogen and oxygen atoms in total. The first-order valence-electron chi connectivity index (χ1n) is 7.70. The third-order valence-electron chi connectivity index (χ3n) is 3.72. The number of benzene rings is 1. The Balaban J connectivity index is 2.09. The second kappa shape index (κ2) is 6.82. The number of nitrogens with zero attached hydrogens (tertiary/aromatic N) is 2. The fourth-order valence-corrected chi connectivity index (χ4v) is 4.56. The van der Waals surface area contributed by atoms with Crippen LogP contribution in [0.5, 0.6) is 0 Å². The van der Waals surface area contributed by atoms with E-state index in [9.17, 15) is 8.42 Å². The minimum Gasteiger partial charge on any atom is -0.279 e. The number of aryl methyl sites for hydroxylation is 1. The van der Waals surface area contributed by atoms with Crippen molar-refractivity contribution in [2.24, 2.45) is 0 Å². The maximum atomic E-state index is 13.0. The number of nitrogens with one attached hydrogen (secondary N) is 1. The Bertz CT molecular complexity index is 993. The number of thiophene rings is 1. The van der Waals surface area contributed by atoms with Gasteiger partial charge in [-0.1, -0.05) is 23.7 Å². The number of aromatic nitrogens is 2. The largest absolute Gasteiger partial charge is 0.279 e. The highest BCUT2D eigenvalue weighted by Gasteiger charge is 2.25. The lowest BCUT2D eigenvalue weighted by Crippen LogP contribution is -2.14. The van der Waals surface area contributed by atoms with Crippen molar-refractivity contribution in [1.29, 1.82) is 0 Å². The molecule has 0 aliphatic rings. The number of sulfonamides is 1. The first-order valence-corrected chi connectivity index (χ1v) is 10.4. The molecule has 0 spiro atoms. The number of anilines is 1. The van der Waals surface area contributed by atoms with E-state index in [0.717, 1.165) is 10.4 Å². The Morgan fingerprint density at radius 2 is 2.04 bits per heavy atom. The summed E-state index contributed by atoms with van der Waals surface area (Å²) in [5.41, 5.74) is 1.71. The van der Waals surface area contributed by atoms with Gasteiger partial charge in [0.2, 0.25) is 0 Å². The van der Waals surface area contributed by atoms with Crippen molar-refractivity contribution in [3.63, 3.8) is 0 Å². The summed E-state index contributed by atoms with van der Waals surface area (Å²) in [4.78, 5) is 0.964. The molecule has 0 amide bonds. The quantitative estimate of drug-likeness (QED) is 0.664. The highest BCUT2D eigenvalue weighted by atomic mass is 35.5. The molecule has 0 aliphatic carbocycles. The van der Waals surface area contributed by atoms with Gasteiger partial charge in [-0.25, -0.2) is 8.42 Å². The van der Waals surface area contributed by atoms with E-state index in [1.165, 1.54) is 11.3 Å². The van der Waals surface area contributed by atoms with E-state index < -0.39 is 10.0 Å². The van der Waals surface area contributed by atoms with Crippen LogP contribution in [0.15, 0.2) is 46.8 Å². The molecule has 0 unspecified atom stereocenters. The van der Waals surface area contributed by atoms with Crippen LogP contribution in [0.25, 0.3) is 10.6 Å². The fourth-order valence-electron chi connectivity index (χ4n) is 2.32. The lowest BCUT2D eigenvalue weighted by atomic mass is 10.2. The molecule has 1 aromatic carbocycles. The molecule has 25 heavy (non-hydrogen) atoms. The summed E-state index contributed by atoms with van der Waals surface area (Å²) in [7, 11) is -3.81. The zero-order valence-electron chi connectivity index (χ0n) is 14.0. The smallest absolute Gasteiger partial charge is 0.265 e. The summed E-state index contributed by atoms with van der Waals surface area (Å²) >= 11 is 7.45. The van der Waals surface area contributed by atoms with E-state index in [4.69, 9.17) is 11.6 Å². The van der Waals surface area contributed by atoms with Crippen LogP contribution in [0.3, 0.4) is 0 Å². The van der Waals surface area contributed by atoms with E-state index in [1.54, 1.807) is 29.1 Å². The minimum absolute atomic E-state index is 0.0515. The average molecular weight is 396 g/mol. The van der Waals surface area contributed by atoms with Crippen molar-refractivity contribution in [2.45, 2.75) is 31.7 Å². The number of halogens is 1. The molecule has 0 atom stereocenters. The summed E-state index contributed by atoms with van der Waals surface area (Å²) in [5.74, 6) is 0.